The molecule has 4 rings (SSSR count). The maximum absolute atomic E-state index is 13.0. The lowest BCUT2D eigenvalue weighted by atomic mass is 9.96. The summed E-state index contributed by atoms with van der Waals surface area (Å²) >= 11 is 7.35. The fourth-order valence-electron chi connectivity index (χ4n) is 4.41. The van der Waals surface area contributed by atoms with Gasteiger partial charge in [0.25, 0.3) is 0 Å². The maximum atomic E-state index is 13.0. The van der Waals surface area contributed by atoms with Crippen LogP contribution in [0.1, 0.15) is 45.5 Å². The molecule has 218 valence electrons. The number of rotatable bonds is 8. The number of halogens is 4. The van der Waals surface area contributed by atoms with Gasteiger partial charge in [-0.15, -0.1) is 11.3 Å². The maximum Gasteiger partial charge on any atom is 0.435 e. The molecule has 1 saturated heterocycles. The van der Waals surface area contributed by atoms with Crippen molar-refractivity contribution in [2.24, 2.45) is 5.92 Å². The summed E-state index contributed by atoms with van der Waals surface area (Å²) in [4.78, 5) is 57.0. The Morgan fingerprint density at radius 3 is 2.49 bits per heavy atom. The van der Waals surface area contributed by atoms with E-state index < -0.39 is 35.4 Å². The molecule has 0 aliphatic carbocycles. The van der Waals surface area contributed by atoms with Crippen LogP contribution in [-0.4, -0.2) is 63.4 Å². The van der Waals surface area contributed by atoms with Crippen molar-refractivity contribution in [3.05, 3.63) is 62.7 Å². The first-order valence-corrected chi connectivity index (χ1v) is 13.7. The molecule has 1 aliphatic rings. The number of alkyl halides is 3. The van der Waals surface area contributed by atoms with Crippen LogP contribution in [0.2, 0.25) is 5.02 Å². The fraction of sp³-hybridized carbons (Fsp3) is 0.385. The minimum atomic E-state index is -4.59. The number of thiazole rings is 1. The van der Waals surface area contributed by atoms with Gasteiger partial charge in [-0.05, 0) is 38.0 Å². The Morgan fingerprint density at radius 2 is 1.88 bits per heavy atom. The summed E-state index contributed by atoms with van der Waals surface area (Å²) in [6, 6.07) is 6.94. The zero-order valence-corrected chi connectivity index (χ0v) is 23.5. The second-order valence-electron chi connectivity index (χ2n) is 9.34. The lowest BCUT2D eigenvalue weighted by Gasteiger charge is -2.31. The Balaban J connectivity index is 1.36. The number of nitrogens with one attached hydrogen (secondary N) is 1. The van der Waals surface area contributed by atoms with E-state index in [-0.39, 0.29) is 40.5 Å². The molecular weight excluding hydrogens is 587 g/mol. The zero-order chi connectivity index (χ0) is 29.9. The van der Waals surface area contributed by atoms with Crippen LogP contribution in [0, 0.1) is 12.8 Å². The molecule has 1 fully saturated rings. The largest absolute Gasteiger partial charge is 0.468 e. The topological polar surface area (TPSA) is 123 Å². The van der Waals surface area contributed by atoms with Crippen molar-refractivity contribution >= 4 is 52.3 Å². The molecule has 1 unspecified atom stereocenters. The summed E-state index contributed by atoms with van der Waals surface area (Å²) in [5.74, 6) is -4.77. The molecular formula is C26H25ClF3N5O5S. The molecule has 15 heteroatoms. The Labute approximate surface area is 241 Å². The molecule has 0 spiro atoms. The second-order valence-corrected chi connectivity index (χ2v) is 10.6. The number of anilines is 1. The van der Waals surface area contributed by atoms with E-state index in [4.69, 9.17) is 11.6 Å². The predicted molar refractivity (Wildman–Crippen MR) is 143 cm³/mol. The number of ether oxygens (including phenoxy) is 1. The summed E-state index contributed by atoms with van der Waals surface area (Å²) in [7, 11) is 1.07. The van der Waals surface area contributed by atoms with E-state index in [1.807, 2.05) is 0 Å². The molecule has 0 bridgehead atoms. The van der Waals surface area contributed by atoms with Gasteiger partial charge in [0, 0.05) is 35.6 Å². The number of aromatic nitrogens is 3. The van der Waals surface area contributed by atoms with Gasteiger partial charge in [0.2, 0.25) is 11.8 Å². The number of hydrogen-bond acceptors (Lipinski definition) is 8. The van der Waals surface area contributed by atoms with Crippen LogP contribution in [0.4, 0.5) is 19.0 Å². The van der Waals surface area contributed by atoms with Crippen LogP contribution < -0.4 is 5.32 Å². The molecule has 0 saturated carbocycles. The number of benzene rings is 1. The summed E-state index contributed by atoms with van der Waals surface area (Å²) in [5.41, 5.74) is -0.802. The minimum Gasteiger partial charge on any atom is -0.468 e. The molecule has 1 aliphatic heterocycles. The van der Waals surface area contributed by atoms with Crippen LogP contribution in [0.15, 0.2) is 35.7 Å². The molecule has 1 N–H and O–H groups in total. The normalized spacial score (nSPS) is 14.9. The summed E-state index contributed by atoms with van der Waals surface area (Å²) < 4.78 is 44.5. The van der Waals surface area contributed by atoms with Gasteiger partial charge in [-0.25, -0.2) is 4.98 Å². The molecule has 1 atom stereocenters. The lowest BCUT2D eigenvalue weighted by molar-refractivity contribution is -0.146. The van der Waals surface area contributed by atoms with Crippen LogP contribution in [0.5, 0.6) is 0 Å². The minimum absolute atomic E-state index is 0.00324. The Kier molecular flexibility index (Phi) is 9.12. The highest BCUT2D eigenvalue weighted by atomic mass is 35.5. The summed E-state index contributed by atoms with van der Waals surface area (Å²) in [6.45, 7) is 1.90. The van der Waals surface area contributed by atoms with Crippen molar-refractivity contribution in [3.8, 4) is 0 Å². The SMILES string of the molecule is COC(=O)C(C(=O)Nc1csc(C2CCN(C(=O)Cn3nc(C(F)(F)F)cc3C)CC2)n1)C(=O)c1ccccc1Cl. The van der Waals surface area contributed by atoms with Crippen LogP contribution >= 0.6 is 22.9 Å². The number of carbonyl (C=O) groups is 4. The van der Waals surface area contributed by atoms with Crippen molar-refractivity contribution in [1.82, 2.24) is 19.7 Å². The standard InChI is InChI=1S/C26H25ClF3N5O5S/c1-14-11-18(26(28,29)30)33-35(14)12-20(36)34-9-7-15(8-10-34)24-32-19(13-41-24)31-23(38)21(25(39)40-2)22(37)16-5-3-4-6-17(16)27/h3-6,11,13,15,21H,7-10,12H2,1-2H3,(H,31,38). The zero-order valence-electron chi connectivity index (χ0n) is 21.9. The number of aryl methyl sites for hydroxylation is 1. The van der Waals surface area contributed by atoms with Crippen LogP contribution in [-0.2, 0) is 31.8 Å². The van der Waals surface area contributed by atoms with Crippen molar-refractivity contribution < 1.29 is 37.1 Å². The van der Waals surface area contributed by atoms with Gasteiger partial charge in [-0.1, -0.05) is 23.7 Å². The Bertz CT molecular complexity index is 1470. The van der Waals surface area contributed by atoms with Crippen LogP contribution in [0.3, 0.4) is 0 Å². The average Bonchev–Trinajstić information content (AvgIpc) is 3.55. The van der Waals surface area contributed by atoms with E-state index >= 15 is 0 Å². The quantitative estimate of drug-likeness (QED) is 0.228. The predicted octanol–water partition coefficient (Wildman–Crippen LogP) is 4.34. The molecule has 0 radical (unpaired) electrons. The van der Waals surface area contributed by atoms with E-state index in [9.17, 15) is 32.3 Å². The lowest BCUT2D eigenvalue weighted by Crippen LogP contribution is -2.40. The van der Waals surface area contributed by atoms with E-state index in [0.717, 1.165) is 17.9 Å². The molecule has 3 aromatic rings. The molecule has 2 aromatic heterocycles. The van der Waals surface area contributed by atoms with Gasteiger partial charge in [0.15, 0.2) is 17.4 Å². The van der Waals surface area contributed by atoms with E-state index in [1.165, 1.54) is 30.4 Å². The van der Waals surface area contributed by atoms with Crippen LogP contribution in [0.25, 0.3) is 0 Å². The first-order valence-electron chi connectivity index (χ1n) is 12.4. The van der Waals surface area contributed by atoms with E-state index in [2.05, 4.69) is 20.1 Å². The van der Waals surface area contributed by atoms with Gasteiger partial charge in [-0.3, -0.25) is 23.9 Å². The van der Waals surface area contributed by atoms with Crippen molar-refractivity contribution in [2.45, 2.75) is 38.4 Å². The third-order valence-electron chi connectivity index (χ3n) is 6.63. The third-order valence-corrected chi connectivity index (χ3v) is 7.96. The Hall–Kier alpha value is -3.78. The highest BCUT2D eigenvalue weighted by Gasteiger charge is 2.37. The summed E-state index contributed by atoms with van der Waals surface area (Å²) in [6.07, 6.45) is -3.49. The first kappa shape index (κ1) is 30.2. The number of piperidine rings is 1. The number of methoxy groups -OCH3 is 1. The number of hydrogen-bond donors (Lipinski definition) is 1. The molecule has 2 amide bonds. The second kappa shape index (κ2) is 12.4. The number of Topliss-reactive ketones (excluding diaryl/α,β-unsaturated/α-hetero) is 1. The van der Waals surface area contributed by atoms with E-state index in [1.54, 1.807) is 22.4 Å². The molecule has 41 heavy (non-hydrogen) atoms. The number of esters is 1. The van der Waals surface area contributed by atoms with Gasteiger partial charge in [-0.2, -0.15) is 18.3 Å². The number of amides is 2. The summed E-state index contributed by atoms with van der Waals surface area (Å²) in [5, 5.41) is 8.37. The number of nitrogens with zero attached hydrogens (tertiary/aromatic N) is 4. The number of carbonyl (C=O) groups excluding carboxylic acids is 4. The van der Waals surface area contributed by atoms with Gasteiger partial charge < -0.3 is 15.0 Å². The highest BCUT2D eigenvalue weighted by Crippen LogP contribution is 2.32. The Morgan fingerprint density at radius 1 is 1.20 bits per heavy atom. The van der Waals surface area contributed by atoms with Crippen molar-refractivity contribution in [1.29, 1.82) is 0 Å². The molecule has 1 aromatic carbocycles. The smallest absolute Gasteiger partial charge is 0.435 e. The first-order chi connectivity index (χ1) is 19.4. The fourth-order valence-corrected chi connectivity index (χ4v) is 5.56. The van der Waals surface area contributed by atoms with Crippen molar-refractivity contribution in [2.75, 3.05) is 25.5 Å². The number of likely N-dealkylation sites (tertiary alicyclic amines) is 1. The van der Waals surface area contributed by atoms with E-state index in [0.29, 0.717) is 30.9 Å². The molecule has 10 nitrogen and oxygen atoms in total. The van der Waals surface area contributed by atoms with Gasteiger partial charge in [0.1, 0.15) is 12.4 Å². The van der Waals surface area contributed by atoms with Gasteiger partial charge in [0.05, 0.1) is 17.1 Å². The third kappa shape index (κ3) is 6.93. The monoisotopic (exact) mass is 611 g/mol. The average molecular weight is 612 g/mol. The highest BCUT2D eigenvalue weighted by molar-refractivity contribution is 7.10. The molecule has 3 heterocycles. The van der Waals surface area contributed by atoms with Gasteiger partial charge >= 0.3 is 12.1 Å². The number of ketones is 1. The van der Waals surface area contributed by atoms with Crippen molar-refractivity contribution in [3.63, 3.8) is 0 Å².